The number of ether oxygens (including phenoxy) is 9. The van der Waals surface area contributed by atoms with Gasteiger partial charge in [0.15, 0.2) is 43.1 Å². The molecule has 2 aliphatic rings. The van der Waals surface area contributed by atoms with E-state index in [1.807, 2.05) is 0 Å². The summed E-state index contributed by atoms with van der Waals surface area (Å²) < 4.78 is 53.8. The van der Waals surface area contributed by atoms with Gasteiger partial charge < -0.3 is 47.7 Å². The van der Waals surface area contributed by atoms with E-state index < -0.39 is 104 Å². The molecule has 5 aromatic rings. The van der Waals surface area contributed by atoms with Crippen LogP contribution in [0.2, 0.25) is 0 Å². The summed E-state index contributed by atoms with van der Waals surface area (Å²) in [5.41, 5.74) is 0.419. The van der Waals surface area contributed by atoms with Gasteiger partial charge in [-0.15, -0.1) is 0 Å². The maximum absolute atomic E-state index is 14.1. The summed E-state index contributed by atoms with van der Waals surface area (Å²) in [4.78, 5) is 81.3. The lowest BCUT2D eigenvalue weighted by Crippen LogP contribution is -2.66. The first kappa shape index (κ1) is 44.8. The molecule has 0 bridgehead atoms. The average molecular weight is 875 g/mol. The first-order valence-corrected chi connectivity index (χ1v) is 20.1. The topological polar surface area (TPSA) is 206 Å². The lowest BCUT2D eigenvalue weighted by atomic mass is 9.97. The van der Waals surface area contributed by atoms with E-state index in [1.165, 1.54) is 60.7 Å². The summed E-state index contributed by atoms with van der Waals surface area (Å²) in [6.07, 6.45) is -15.5. The molecule has 7 rings (SSSR count). The molecule has 1 N–H and O–H groups in total. The number of benzene rings is 5. The van der Waals surface area contributed by atoms with Crippen LogP contribution in [0.5, 0.6) is 0 Å². The summed E-state index contributed by atoms with van der Waals surface area (Å²) in [7, 11) is 0. The second-order valence-electron chi connectivity index (χ2n) is 14.4. The van der Waals surface area contributed by atoms with Crippen LogP contribution in [0.15, 0.2) is 152 Å². The third kappa shape index (κ3) is 11.2. The fourth-order valence-electron chi connectivity index (χ4n) is 6.92. The monoisotopic (exact) mass is 874 g/mol. The van der Waals surface area contributed by atoms with E-state index in [1.54, 1.807) is 91.0 Å². The van der Waals surface area contributed by atoms with Gasteiger partial charge in [0.05, 0.1) is 34.4 Å². The number of carbonyl (C=O) groups excluding carboxylic acids is 6. The Labute approximate surface area is 366 Å². The van der Waals surface area contributed by atoms with Crippen LogP contribution in [-0.4, -0.2) is 109 Å². The van der Waals surface area contributed by atoms with Gasteiger partial charge in [-0.2, -0.15) is 0 Å². The Bertz CT molecular complexity index is 2360. The summed E-state index contributed by atoms with van der Waals surface area (Å²) in [5.74, 6) is -5.38. The number of esters is 6. The van der Waals surface area contributed by atoms with E-state index in [0.717, 1.165) is 6.92 Å². The second-order valence-corrected chi connectivity index (χ2v) is 14.4. The smallest absolute Gasteiger partial charge is 0.338 e. The molecular weight excluding hydrogens is 833 g/mol. The molecule has 2 heterocycles. The Balaban J connectivity index is 1.33. The van der Waals surface area contributed by atoms with E-state index >= 15 is 0 Å². The Morgan fingerprint density at radius 1 is 0.484 bits per heavy atom. The molecule has 2 saturated heterocycles. The fraction of sp³-hybridized carbons (Fsp3) is 0.250. The van der Waals surface area contributed by atoms with E-state index in [9.17, 15) is 33.9 Å². The van der Waals surface area contributed by atoms with Crippen molar-refractivity contribution in [1.82, 2.24) is 0 Å². The molecule has 0 spiro atoms. The molecule has 16 nitrogen and oxygen atoms in total. The molecule has 0 saturated carbocycles. The average Bonchev–Trinajstić information content (AvgIpc) is 3.33. The molecule has 2 aliphatic heterocycles. The van der Waals surface area contributed by atoms with Crippen LogP contribution in [-0.2, 0) is 47.4 Å². The minimum Gasteiger partial charge on any atom is -0.459 e. The first-order valence-electron chi connectivity index (χ1n) is 20.1. The third-order valence-corrected chi connectivity index (χ3v) is 10.0. The van der Waals surface area contributed by atoms with Crippen molar-refractivity contribution in [3.8, 4) is 0 Å². The maximum Gasteiger partial charge on any atom is 0.338 e. The zero-order valence-corrected chi connectivity index (χ0v) is 34.1. The minimum atomic E-state index is -1.92. The zero-order valence-electron chi connectivity index (χ0n) is 34.1. The van der Waals surface area contributed by atoms with E-state index in [2.05, 4.69) is 0 Å². The maximum atomic E-state index is 14.1. The van der Waals surface area contributed by atoms with Crippen LogP contribution >= 0.6 is 0 Å². The normalized spacial score (nSPS) is 23.9. The quantitative estimate of drug-likeness (QED) is 0.113. The van der Waals surface area contributed by atoms with Crippen molar-refractivity contribution in [3.05, 3.63) is 179 Å². The predicted octanol–water partition coefficient (Wildman–Crippen LogP) is 5.14. The van der Waals surface area contributed by atoms with Crippen molar-refractivity contribution < 1.29 is 76.5 Å². The Hall–Kier alpha value is -7.24. The van der Waals surface area contributed by atoms with Crippen molar-refractivity contribution in [2.45, 2.75) is 62.2 Å². The Morgan fingerprint density at radius 2 is 0.859 bits per heavy atom. The lowest BCUT2D eigenvalue weighted by molar-refractivity contribution is -0.343. The fourth-order valence-corrected chi connectivity index (χ4v) is 6.92. The van der Waals surface area contributed by atoms with Crippen molar-refractivity contribution >= 4 is 35.8 Å². The first-order chi connectivity index (χ1) is 31.0. The van der Waals surface area contributed by atoms with Gasteiger partial charge in [0.2, 0.25) is 0 Å². The van der Waals surface area contributed by atoms with Gasteiger partial charge in [-0.25, -0.2) is 24.0 Å². The van der Waals surface area contributed by atoms with E-state index in [-0.39, 0.29) is 27.8 Å². The highest BCUT2D eigenvalue weighted by molar-refractivity contribution is 5.92. The number of aliphatic hydroxyl groups excluding tert-OH is 1. The lowest BCUT2D eigenvalue weighted by Gasteiger charge is -2.47. The van der Waals surface area contributed by atoms with Gasteiger partial charge in [-0.05, 0) is 60.7 Å². The van der Waals surface area contributed by atoms with Crippen LogP contribution in [0.4, 0.5) is 0 Å². The number of hydrogen-bond donors (Lipinski definition) is 1. The van der Waals surface area contributed by atoms with Gasteiger partial charge in [0, 0.05) is 6.92 Å². The molecule has 0 amide bonds. The van der Waals surface area contributed by atoms with Crippen molar-refractivity contribution in [2.75, 3.05) is 13.2 Å². The van der Waals surface area contributed by atoms with Gasteiger partial charge in [-0.1, -0.05) is 91.0 Å². The molecule has 330 valence electrons. The molecule has 0 aromatic heterocycles. The molecule has 0 radical (unpaired) electrons. The van der Waals surface area contributed by atoms with Crippen LogP contribution < -0.4 is 0 Å². The SMILES string of the molecule is CC(=O)O[C@H]1CO[C@H](O)[C@H](OC(=O)c2ccccc2)[C@H]1O[C@@H]1O[C@H](COC(=O)c2ccccc2)[C@@H](OC(=O)c2ccccc2)[C@H](OC(=O)c2ccccc2)[C@H]1OC(=O)c1ccccc1. The van der Waals surface area contributed by atoms with Gasteiger partial charge in [0.1, 0.15) is 18.8 Å². The Kier molecular flexibility index (Phi) is 14.9. The van der Waals surface area contributed by atoms with Crippen LogP contribution in [0, 0.1) is 0 Å². The van der Waals surface area contributed by atoms with Crippen molar-refractivity contribution in [3.63, 3.8) is 0 Å². The number of carbonyl (C=O) groups is 6. The van der Waals surface area contributed by atoms with Crippen LogP contribution in [0.1, 0.15) is 58.7 Å². The number of hydrogen-bond acceptors (Lipinski definition) is 16. The zero-order chi connectivity index (χ0) is 45.0. The number of rotatable bonds is 14. The van der Waals surface area contributed by atoms with Crippen molar-refractivity contribution in [2.24, 2.45) is 0 Å². The molecular formula is C48H42O16. The molecule has 0 aliphatic carbocycles. The minimum absolute atomic E-state index is 0.0417. The standard InChI is InChI=1S/C48H42O16/c1-29(49)58-35-27-57-47(55)40(62-45(53)33-23-13-5-14-24-33)38(35)64-48-41(63-46(54)34-25-15-6-16-26-34)39(61-44(52)32-21-11-4-12-22-32)37(60-43(51)31-19-9-3-10-20-31)36(59-48)28-56-42(50)30-17-7-2-8-18-30/h2-26,35-41,47-48,55H,27-28H2,1H3/t35-,36+,37+,38-,39-,40+,41+,47-,48-/m0/s1. The Morgan fingerprint density at radius 3 is 1.28 bits per heavy atom. The summed E-state index contributed by atoms with van der Waals surface area (Å²) in [5, 5.41) is 11.2. The largest absolute Gasteiger partial charge is 0.459 e. The highest BCUT2D eigenvalue weighted by atomic mass is 16.8. The summed E-state index contributed by atoms with van der Waals surface area (Å²) in [6, 6.07) is 39.0. The van der Waals surface area contributed by atoms with Crippen LogP contribution in [0.25, 0.3) is 0 Å². The molecule has 9 atom stereocenters. The highest BCUT2D eigenvalue weighted by Crippen LogP contribution is 2.35. The van der Waals surface area contributed by atoms with Crippen molar-refractivity contribution in [1.29, 1.82) is 0 Å². The number of aliphatic hydroxyl groups is 1. The summed E-state index contributed by atoms with van der Waals surface area (Å²) in [6.45, 7) is -0.0421. The van der Waals surface area contributed by atoms with Gasteiger partial charge >= 0.3 is 35.8 Å². The molecule has 0 unspecified atom stereocenters. The summed E-state index contributed by atoms with van der Waals surface area (Å²) >= 11 is 0. The van der Waals surface area contributed by atoms with E-state index in [4.69, 9.17) is 42.6 Å². The highest BCUT2D eigenvalue weighted by Gasteiger charge is 2.56. The molecule has 5 aromatic carbocycles. The van der Waals surface area contributed by atoms with Gasteiger partial charge in [0.25, 0.3) is 0 Å². The van der Waals surface area contributed by atoms with E-state index in [0.29, 0.717) is 0 Å². The molecule has 64 heavy (non-hydrogen) atoms. The second kappa shape index (κ2) is 21.2. The predicted molar refractivity (Wildman–Crippen MR) is 220 cm³/mol. The third-order valence-electron chi connectivity index (χ3n) is 10.0. The molecule has 2 fully saturated rings. The van der Waals surface area contributed by atoms with Crippen LogP contribution in [0.3, 0.4) is 0 Å². The molecule has 16 heteroatoms. The van der Waals surface area contributed by atoms with Gasteiger partial charge in [-0.3, -0.25) is 4.79 Å².